The van der Waals surface area contributed by atoms with E-state index in [2.05, 4.69) is 0 Å². The molecule has 0 aliphatic carbocycles. The molecule has 1 heterocycles. The predicted molar refractivity (Wildman–Crippen MR) is 107 cm³/mol. The van der Waals surface area contributed by atoms with E-state index in [1.807, 2.05) is 0 Å². The maximum atomic E-state index is 13.3. The summed E-state index contributed by atoms with van der Waals surface area (Å²) < 4.78 is 26.8. The lowest BCUT2D eigenvalue weighted by Crippen LogP contribution is -2.28. The van der Waals surface area contributed by atoms with Crippen LogP contribution in [-0.2, 0) is 0 Å². The Hall–Kier alpha value is -3.68. The molecule has 3 rings (SSSR count). The van der Waals surface area contributed by atoms with E-state index in [9.17, 15) is 23.5 Å². The number of phenolic OH excluding ortho intramolecular Hbond substituents is 1. The van der Waals surface area contributed by atoms with E-state index in [1.165, 1.54) is 36.4 Å². The number of nitrogens with two attached hydrogens (primary N) is 2. The molecule has 0 unspecified atom stereocenters. The van der Waals surface area contributed by atoms with E-state index in [1.54, 1.807) is 19.9 Å². The summed E-state index contributed by atoms with van der Waals surface area (Å²) >= 11 is 0. The molecule has 0 aliphatic rings. The minimum absolute atomic E-state index is 0.0517. The van der Waals surface area contributed by atoms with Gasteiger partial charge in [0.15, 0.2) is 0 Å². The van der Waals surface area contributed by atoms with Gasteiger partial charge in [-0.25, -0.2) is 8.78 Å². The summed E-state index contributed by atoms with van der Waals surface area (Å²) in [7, 11) is 0. The predicted octanol–water partition coefficient (Wildman–Crippen LogP) is 3.45. The van der Waals surface area contributed by atoms with Gasteiger partial charge >= 0.3 is 0 Å². The highest BCUT2D eigenvalue weighted by molar-refractivity contribution is 5.98. The zero-order chi connectivity index (χ0) is 21.5. The van der Waals surface area contributed by atoms with Crippen molar-refractivity contribution in [1.82, 2.24) is 4.57 Å². The maximum Gasteiger partial charge on any atom is 0.264 e. The molecule has 6 nitrogen and oxygen atoms in total. The molecule has 0 saturated heterocycles. The van der Waals surface area contributed by atoms with Crippen LogP contribution in [0.3, 0.4) is 0 Å². The number of hydrogen-bond acceptors (Lipinski definition) is 4. The van der Waals surface area contributed by atoms with Crippen molar-refractivity contribution >= 4 is 11.7 Å². The molecule has 3 aromatic rings. The van der Waals surface area contributed by atoms with Gasteiger partial charge in [-0.15, -0.1) is 0 Å². The van der Waals surface area contributed by atoms with Crippen molar-refractivity contribution in [3.8, 4) is 22.6 Å². The average Bonchev–Trinajstić information content (AvgIpc) is 2.67. The summed E-state index contributed by atoms with van der Waals surface area (Å²) in [4.78, 5) is 25.3. The quantitative estimate of drug-likeness (QED) is 0.624. The van der Waals surface area contributed by atoms with Crippen molar-refractivity contribution in [3.63, 3.8) is 0 Å². The number of primary amides is 1. The van der Waals surface area contributed by atoms with Crippen molar-refractivity contribution in [2.75, 3.05) is 5.73 Å². The van der Waals surface area contributed by atoms with Crippen molar-refractivity contribution in [3.05, 3.63) is 75.1 Å². The molecule has 0 saturated carbocycles. The topological polar surface area (TPSA) is 111 Å². The Labute approximate surface area is 165 Å². The molecule has 5 N–H and O–H groups in total. The Morgan fingerprint density at radius 3 is 2.28 bits per heavy atom. The largest absolute Gasteiger partial charge is 0.508 e. The van der Waals surface area contributed by atoms with Crippen LogP contribution in [0.15, 0.2) is 47.3 Å². The molecule has 0 atom stereocenters. The van der Waals surface area contributed by atoms with Gasteiger partial charge in [0.2, 0.25) is 0 Å². The van der Waals surface area contributed by atoms with Crippen LogP contribution in [0.1, 0.15) is 33.5 Å². The SMILES string of the molecule is Cc1ccc(O)c(C)c1-n1c(N)c(C(N)=O)cc(-c2ccc(C(F)F)cc2)c1=O. The molecular weight excluding hydrogens is 380 g/mol. The lowest BCUT2D eigenvalue weighted by Gasteiger charge is -2.19. The zero-order valence-electron chi connectivity index (χ0n) is 15.7. The third kappa shape index (κ3) is 3.44. The molecule has 1 amide bonds. The number of pyridine rings is 1. The van der Waals surface area contributed by atoms with Crippen molar-refractivity contribution in [1.29, 1.82) is 0 Å². The molecule has 150 valence electrons. The molecule has 8 heteroatoms. The highest BCUT2D eigenvalue weighted by atomic mass is 19.3. The standard InChI is InChI=1S/C21H19F2N3O3/c1-10-3-8-16(27)11(2)17(10)26-19(24)15(20(25)28)9-14(21(26)29)12-4-6-13(7-5-12)18(22)23/h3-9,18,27H,24H2,1-2H3,(H2,25,28). The minimum atomic E-state index is -2.65. The first-order chi connectivity index (χ1) is 13.6. The summed E-state index contributed by atoms with van der Waals surface area (Å²) in [6, 6.07) is 9.48. The van der Waals surface area contributed by atoms with Crippen LogP contribution in [-0.4, -0.2) is 15.6 Å². The molecule has 0 aliphatic heterocycles. The molecule has 0 bridgehead atoms. The Morgan fingerprint density at radius 2 is 1.72 bits per heavy atom. The smallest absolute Gasteiger partial charge is 0.264 e. The van der Waals surface area contributed by atoms with Crippen LogP contribution in [0.5, 0.6) is 5.75 Å². The number of nitrogens with zero attached hydrogens (tertiary/aromatic N) is 1. The number of carbonyl (C=O) groups excluding carboxylic acids is 1. The van der Waals surface area contributed by atoms with Gasteiger partial charge < -0.3 is 16.6 Å². The first kappa shape index (κ1) is 20.1. The molecule has 1 aromatic heterocycles. The fraction of sp³-hybridized carbons (Fsp3) is 0.143. The van der Waals surface area contributed by atoms with Crippen molar-refractivity contribution < 1.29 is 18.7 Å². The number of benzene rings is 2. The van der Waals surface area contributed by atoms with Gasteiger partial charge in [-0.3, -0.25) is 14.2 Å². The molecule has 29 heavy (non-hydrogen) atoms. The van der Waals surface area contributed by atoms with Gasteiger partial charge in [0.1, 0.15) is 11.6 Å². The van der Waals surface area contributed by atoms with E-state index < -0.39 is 17.9 Å². The monoisotopic (exact) mass is 399 g/mol. The number of aromatic hydroxyl groups is 1. The number of alkyl halides is 2. The number of nitrogen functional groups attached to an aromatic ring is 1. The number of hydrogen-bond donors (Lipinski definition) is 3. The second kappa shape index (κ2) is 7.38. The minimum Gasteiger partial charge on any atom is -0.508 e. The summed E-state index contributed by atoms with van der Waals surface area (Å²) in [6.07, 6.45) is -2.65. The first-order valence-electron chi connectivity index (χ1n) is 8.66. The third-order valence-electron chi connectivity index (χ3n) is 4.81. The normalized spacial score (nSPS) is 11.1. The number of halogens is 2. The summed E-state index contributed by atoms with van der Waals surface area (Å²) in [5.74, 6) is -1.08. The van der Waals surface area contributed by atoms with Crippen LogP contribution in [0, 0.1) is 13.8 Å². The van der Waals surface area contributed by atoms with Crippen LogP contribution in [0.2, 0.25) is 0 Å². The summed E-state index contributed by atoms with van der Waals surface area (Å²) in [5, 5.41) is 10.1. The molecule has 0 fully saturated rings. The van der Waals surface area contributed by atoms with E-state index in [0.717, 1.165) is 4.57 Å². The number of aromatic nitrogens is 1. The van der Waals surface area contributed by atoms with Gasteiger partial charge in [0.25, 0.3) is 17.9 Å². The van der Waals surface area contributed by atoms with E-state index in [0.29, 0.717) is 22.4 Å². The van der Waals surface area contributed by atoms with Gasteiger partial charge in [-0.05, 0) is 37.1 Å². The number of rotatable bonds is 4. The first-order valence-corrected chi connectivity index (χ1v) is 8.66. The molecule has 0 spiro atoms. The molecule has 2 aromatic carbocycles. The number of phenols is 1. The Kier molecular flexibility index (Phi) is 5.11. The lowest BCUT2D eigenvalue weighted by atomic mass is 10.0. The second-order valence-electron chi connectivity index (χ2n) is 6.66. The van der Waals surface area contributed by atoms with Crippen molar-refractivity contribution in [2.45, 2.75) is 20.3 Å². The average molecular weight is 399 g/mol. The number of amides is 1. The summed E-state index contributed by atoms with van der Waals surface area (Å²) in [5.41, 5.74) is 12.4. The van der Waals surface area contributed by atoms with Crippen molar-refractivity contribution in [2.24, 2.45) is 5.73 Å². The van der Waals surface area contributed by atoms with Gasteiger partial charge in [0, 0.05) is 16.7 Å². The molecular formula is C21H19F2N3O3. The fourth-order valence-electron chi connectivity index (χ4n) is 3.23. The van der Waals surface area contributed by atoms with E-state index >= 15 is 0 Å². The second-order valence-corrected chi connectivity index (χ2v) is 6.66. The number of aryl methyl sites for hydroxylation is 1. The van der Waals surface area contributed by atoms with Gasteiger partial charge in [-0.2, -0.15) is 0 Å². The fourth-order valence-corrected chi connectivity index (χ4v) is 3.23. The highest BCUT2D eigenvalue weighted by Gasteiger charge is 2.21. The highest BCUT2D eigenvalue weighted by Crippen LogP contribution is 2.30. The maximum absolute atomic E-state index is 13.3. The zero-order valence-corrected chi connectivity index (χ0v) is 15.7. The Morgan fingerprint density at radius 1 is 1.10 bits per heavy atom. The Balaban J connectivity index is 2.38. The van der Waals surface area contributed by atoms with Crippen LogP contribution >= 0.6 is 0 Å². The summed E-state index contributed by atoms with van der Waals surface area (Å²) in [6.45, 7) is 3.33. The van der Waals surface area contributed by atoms with E-state index in [-0.39, 0.29) is 28.3 Å². The van der Waals surface area contributed by atoms with Gasteiger partial charge in [-0.1, -0.05) is 30.3 Å². The van der Waals surface area contributed by atoms with E-state index in [4.69, 9.17) is 11.5 Å². The van der Waals surface area contributed by atoms with Crippen LogP contribution in [0.25, 0.3) is 16.8 Å². The third-order valence-corrected chi connectivity index (χ3v) is 4.81. The van der Waals surface area contributed by atoms with Crippen LogP contribution < -0.4 is 17.0 Å². The molecule has 0 radical (unpaired) electrons. The Bertz CT molecular complexity index is 1170. The number of anilines is 1. The van der Waals surface area contributed by atoms with Crippen LogP contribution in [0.4, 0.5) is 14.6 Å². The number of carbonyl (C=O) groups is 1. The van der Waals surface area contributed by atoms with Gasteiger partial charge in [0.05, 0.1) is 11.3 Å². The lowest BCUT2D eigenvalue weighted by molar-refractivity contribution is 0.100.